The Morgan fingerprint density at radius 2 is 1.81 bits per heavy atom. The Morgan fingerprint density at radius 1 is 1.06 bits per heavy atom. The molecule has 0 aliphatic carbocycles. The van der Waals surface area contributed by atoms with Crippen molar-refractivity contribution < 1.29 is 18.3 Å². The van der Waals surface area contributed by atoms with Crippen LogP contribution in [0.3, 0.4) is 0 Å². The molecule has 2 saturated heterocycles. The van der Waals surface area contributed by atoms with Crippen molar-refractivity contribution in [2.24, 2.45) is 5.92 Å². The van der Waals surface area contributed by atoms with Gasteiger partial charge >= 0.3 is 0 Å². The van der Waals surface area contributed by atoms with Gasteiger partial charge in [-0.05, 0) is 49.1 Å². The molecule has 5 rings (SSSR count). The number of rotatable bonds is 9. The molecule has 0 spiro atoms. The van der Waals surface area contributed by atoms with Crippen LogP contribution in [0.15, 0.2) is 41.4 Å². The number of ether oxygens (including phenoxy) is 1. The number of H-pyrrole nitrogens is 1. The van der Waals surface area contributed by atoms with E-state index in [2.05, 4.69) is 29.8 Å². The second-order valence-electron chi connectivity index (χ2n) is 9.22. The van der Waals surface area contributed by atoms with Gasteiger partial charge in [0.25, 0.3) is 0 Å². The Morgan fingerprint density at radius 3 is 2.53 bits per heavy atom. The first-order valence-corrected chi connectivity index (χ1v) is 13.9. The lowest BCUT2D eigenvalue weighted by Crippen LogP contribution is -2.41. The van der Waals surface area contributed by atoms with Crippen molar-refractivity contribution in [2.75, 3.05) is 69.3 Å². The summed E-state index contributed by atoms with van der Waals surface area (Å²) in [7, 11) is -3.60. The number of piperidine rings is 1. The van der Waals surface area contributed by atoms with E-state index < -0.39 is 10.0 Å². The van der Waals surface area contributed by atoms with E-state index in [1.54, 1.807) is 24.3 Å². The highest BCUT2D eigenvalue weighted by molar-refractivity contribution is 7.89. The third-order valence-corrected chi connectivity index (χ3v) is 8.29. The van der Waals surface area contributed by atoms with E-state index in [1.807, 2.05) is 12.3 Å². The second-order valence-corrected chi connectivity index (χ2v) is 11.0. The average molecular weight is 516 g/mol. The molecule has 12 heteroatoms. The van der Waals surface area contributed by atoms with Crippen molar-refractivity contribution in [3.8, 4) is 0 Å². The molecular weight excluding hydrogens is 482 g/mol. The van der Waals surface area contributed by atoms with Crippen molar-refractivity contribution in [3.63, 3.8) is 0 Å². The summed E-state index contributed by atoms with van der Waals surface area (Å²) in [6, 6.07) is 8.55. The quantitative estimate of drug-likeness (QED) is 0.334. The van der Waals surface area contributed by atoms with Crippen LogP contribution < -0.4 is 14.9 Å². The minimum atomic E-state index is -3.60. The van der Waals surface area contributed by atoms with Gasteiger partial charge in [0.2, 0.25) is 16.0 Å². The fraction of sp³-hybridized carbons (Fsp3) is 0.500. The molecule has 0 atom stereocenters. The molecule has 4 heterocycles. The molecule has 11 nitrogen and oxygen atoms in total. The fourth-order valence-electron chi connectivity index (χ4n) is 4.64. The van der Waals surface area contributed by atoms with Crippen molar-refractivity contribution in [2.45, 2.75) is 17.7 Å². The Balaban J connectivity index is 1.25. The van der Waals surface area contributed by atoms with Crippen LogP contribution in [0.1, 0.15) is 12.8 Å². The van der Waals surface area contributed by atoms with Crippen LogP contribution in [-0.2, 0) is 14.8 Å². The topological polar surface area (TPSA) is 136 Å². The van der Waals surface area contributed by atoms with Crippen LogP contribution in [0.5, 0.6) is 0 Å². The monoisotopic (exact) mass is 515 g/mol. The smallest absolute Gasteiger partial charge is 0.240 e. The molecule has 2 aliphatic rings. The Kier molecular flexibility index (Phi) is 7.67. The minimum absolute atomic E-state index is 0.211. The first-order chi connectivity index (χ1) is 17.5. The zero-order chi connectivity index (χ0) is 25.0. The van der Waals surface area contributed by atoms with Crippen molar-refractivity contribution in [3.05, 3.63) is 36.5 Å². The van der Waals surface area contributed by atoms with Gasteiger partial charge in [0.15, 0.2) is 0 Å². The van der Waals surface area contributed by atoms with Crippen molar-refractivity contribution in [1.29, 1.82) is 0 Å². The van der Waals surface area contributed by atoms with Gasteiger partial charge in [-0.3, -0.25) is 4.90 Å². The number of sulfonamides is 1. The number of benzene rings is 1. The van der Waals surface area contributed by atoms with Gasteiger partial charge < -0.3 is 25.0 Å². The normalized spacial score (nSPS) is 18.1. The number of nitrogens with zero attached hydrogens (tertiary/aromatic N) is 4. The highest BCUT2D eigenvalue weighted by Crippen LogP contribution is 2.29. The molecule has 4 N–H and O–H groups in total. The summed E-state index contributed by atoms with van der Waals surface area (Å²) >= 11 is 0. The number of hydrogen-bond acceptors (Lipinski definition) is 9. The average Bonchev–Trinajstić information content (AvgIpc) is 3.38. The van der Waals surface area contributed by atoms with Gasteiger partial charge in [-0.2, -0.15) is 9.97 Å². The third kappa shape index (κ3) is 5.79. The maximum Gasteiger partial charge on any atom is 0.240 e. The Bertz CT molecular complexity index is 1250. The van der Waals surface area contributed by atoms with E-state index in [0.717, 1.165) is 55.9 Å². The van der Waals surface area contributed by atoms with Crippen molar-refractivity contribution in [1.82, 2.24) is 24.6 Å². The maximum absolute atomic E-state index is 12.7. The van der Waals surface area contributed by atoms with Gasteiger partial charge in [0, 0.05) is 57.8 Å². The lowest BCUT2D eigenvalue weighted by atomic mass is 9.98. The van der Waals surface area contributed by atoms with E-state index >= 15 is 0 Å². The number of aromatic amines is 1. The van der Waals surface area contributed by atoms with Crippen LogP contribution in [0.2, 0.25) is 0 Å². The van der Waals surface area contributed by atoms with Crippen LogP contribution in [-0.4, -0.2) is 92.5 Å². The van der Waals surface area contributed by atoms with Crippen LogP contribution in [0.25, 0.3) is 11.0 Å². The third-order valence-electron chi connectivity index (χ3n) is 6.81. The number of anilines is 3. The molecule has 0 bridgehead atoms. The highest BCUT2D eigenvalue weighted by atomic mass is 32.2. The zero-order valence-electron chi connectivity index (χ0n) is 20.2. The predicted octanol–water partition coefficient (Wildman–Crippen LogP) is 1.52. The zero-order valence-corrected chi connectivity index (χ0v) is 21.0. The van der Waals surface area contributed by atoms with Gasteiger partial charge in [-0.15, -0.1) is 0 Å². The number of nitrogens with one attached hydrogen (secondary N) is 3. The summed E-state index contributed by atoms with van der Waals surface area (Å²) in [6.45, 7) is 5.89. The first-order valence-electron chi connectivity index (χ1n) is 12.4. The van der Waals surface area contributed by atoms with E-state index in [1.165, 1.54) is 0 Å². The van der Waals surface area contributed by atoms with Crippen molar-refractivity contribution >= 4 is 38.5 Å². The molecule has 0 saturated carbocycles. The van der Waals surface area contributed by atoms with Gasteiger partial charge in [0.1, 0.15) is 11.5 Å². The molecule has 3 aromatic rings. The van der Waals surface area contributed by atoms with E-state index in [-0.39, 0.29) is 11.5 Å². The molecule has 0 amide bonds. The summed E-state index contributed by atoms with van der Waals surface area (Å²) in [5.41, 5.74) is 1.42. The molecule has 36 heavy (non-hydrogen) atoms. The maximum atomic E-state index is 12.7. The highest BCUT2D eigenvalue weighted by Gasteiger charge is 2.22. The standard InChI is InChI=1S/C24H33N7O4S/c32-17-18-6-10-31(11-7-18)23-21-5-8-25-22(21)28-24(29-23)27-19-1-3-20(4-2-19)36(33,34)26-9-12-30-13-15-35-16-14-30/h1-5,8,18,26,32H,6-7,9-17H2,(H2,25,27,28,29). The Labute approximate surface area is 210 Å². The predicted molar refractivity (Wildman–Crippen MR) is 138 cm³/mol. The van der Waals surface area contributed by atoms with Crippen LogP contribution in [0, 0.1) is 5.92 Å². The largest absolute Gasteiger partial charge is 0.396 e. The minimum Gasteiger partial charge on any atom is -0.396 e. The Hall–Kier alpha value is -2.77. The van der Waals surface area contributed by atoms with Gasteiger partial charge in [-0.1, -0.05) is 0 Å². The molecule has 2 aromatic heterocycles. The summed E-state index contributed by atoms with van der Waals surface area (Å²) in [5.74, 6) is 1.62. The fourth-order valence-corrected chi connectivity index (χ4v) is 5.66. The summed E-state index contributed by atoms with van der Waals surface area (Å²) in [6.07, 6.45) is 3.69. The van der Waals surface area contributed by atoms with E-state index in [4.69, 9.17) is 9.72 Å². The number of fused-ring (bicyclic) bond motifs is 1. The number of aliphatic hydroxyl groups excluding tert-OH is 1. The molecular formula is C24H33N7O4S. The summed E-state index contributed by atoms with van der Waals surface area (Å²) in [4.78, 5) is 17.1. The first kappa shape index (κ1) is 24.9. The molecule has 0 unspecified atom stereocenters. The van der Waals surface area contributed by atoms with Gasteiger partial charge in [-0.25, -0.2) is 13.1 Å². The molecule has 194 valence electrons. The van der Waals surface area contributed by atoms with E-state index in [9.17, 15) is 13.5 Å². The SMILES string of the molecule is O=S(=O)(NCCN1CCOCC1)c1ccc(Nc2nc(N3CCC(CO)CC3)c3cc[nH]c3n2)cc1. The van der Waals surface area contributed by atoms with Crippen LogP contribution in [0.4, 0.5) is 17.5 Å². The number of hydrogen-bond donors (Lipinski definition) is 4. The molecule has 0 radical (unpaired) electrons. The number of morpholine rings is 1. The van der Waals surface area contributed by atoms with Gasteiger partial charge in [0.05, 0.1) is 23.5 Å². The lowest BCUT2D eigenvalue weighted by Gasteiger charge is -2.32. The molecule has 1 aromatic carbocycles. The summed E-state index contributed by atoms with van der Waals surface area (Å²) < 4.78 is 33.4. The summed E-state index contributed by atoms with van der Waals surface area (Å²) in [5, 5.41) is 13.6. The van der Waals surface area contributed by atoms with E-state index in [0.29, 0.717) is 43.9 Å². The molecule has 2 aliphatic heterocycles. The lowest BCUT2D eigenvalue weighted by molar-refractivity contribution is 0.0390. The number of aliphatic hydroxyl groups is 1. The molecule has 2 fully saturated rings. The van der Waals surface area contributed by atoms with Crippen LogP contribution >= 0.6 is 0 Å². The number of aromatic nitrogens is 3. The second kappa shape index (κ2) is 11.1.